The van der Waals surface area contributed by atoms with Gasteiger partial charge >= 0.3 is 0 Å². The topological polar surface area (TPSA) is 60.9 Å². The number of rotatable bonds is 1. The lowest BCUT2D eigenvalue weighted by Gasteiger charge is -2.27. The maximum Gasteiger partial charge on any atom is 0.282 e. The molecule has 4 nitrogen and oxygen atoms in total. The van der Waals surface area contributed by atoms with Crippen molar-refractivity contribution in [2.45, 2.75) is 38.1 Å². The summed E-state index contributed by atoms with van der Waals surface area (Å²) in [6.07, 6.45) is 5.99. The van der Waals surface area contributed by atoms with E-state index in [0.29, 0.717) is 17.4 Å². The van der Waals surface area contributed by atoms with Crippen molar-refractivity contribution in [3.63, 3.8) is 0 Å². The number of para-hydroxylation sites is 1. The number of hydrogen-bond donors (Lipinski definition) is 1. The molecule has 0 aliphatic heterocycles. The second kappa shape index (κ2) is 4.44. The lowest BCUT2D eigenvalue weighted by atomic mass is 9.95. The first-order valence-corrected chi connectivity index (χ1v) is 6.54. The molecule has 0 saturated heterocycles. The first kappa shape index (κ1) is 11.3. The highest BCUT2D eigenvalue weighted by molar-refractivity contribution is 5.79. The molecular formula is C14H17N3O. The molecule has 1 aromatic heterocycles. The predicted octanol–water partition coefficient (Wildman–Crippen LogP) is 2.48. The first-order valence-electron chi connectivity index (χ1n) is 6.54. The summed E-state index contributed by atoms with van der Waals surface area (Å²) in [4.78, 5) is 15.8. The molecule has 0 bridgehead atoms. The van der Waals surface area contributed by atoms with Crippen molar-refractivity contribution in [1.82, 2.24) is 9.55 Å². The van der Waals surface area contributed by atoms with Crippen molar-refractivity contribution in [3.05, 3.63) is 34.6 Å². The van der Waals surface area contributed by atoms with Gasteiger partial charge in [0.1, 0.15) is 0 Å². The molecule has 18 heavy (non-hydrogen) atoms. The Morgan fingerprint density at radius 3 is 2.67 bits per heavy atom. The average Bonchev–Trinajstić information content (AvgIpc) is 2.40. The van der Waals surface area contributed by atoms with Crippen LogP contribution in [0, 0.1) is 0 Å². The minimum Gasteiger partial charge on any atom is -0.369 e. The van der Waals surface area contributed by atoms with Crippen LogP contribution in [-0.2, 0) is 0 Å². The number of anilines is 1. The number of aromatic nitrogens is 2. The van der Waals surface area contributed by atoms with Crippen LogP contribution in [0.15, 0.2) is 29.1 Å². The van der Waals surface area contributed by atoms with Crippen molar-refractivity contribution in [1.29, 1.82) is 0 Å². The Morgan fingerprint density at radius 1 is 1.17 bits per heavy atom. The van der Waals surface area contributed by atoms with Crippen molar-refractivity contribution in [2.75, 3.05) is 5.73 Å². The van der Waals surface area contributed by atoms with Crippen LogP contribution in [0.2, 0.25) is 0 Å². The average molecular weight is 243 g/mol. The Kier molecular flexibility index (Phi) is 2.78. The summed E-state index contributed by atoms with van der Waals surface area (Å²) in [5.74, 6) is 0.352. The molecule has 3 rings (SSSR count). The van der Waals surface area contributed by atoms with Gasteiger partial charge in [-0.25, -0.2) is 0 Å². The molecule has 94 valence electrons. The van der Waals surface area contributed by atoms with E-state index < -0.39 is 0 Å². The Balaban J connectivity index is 2.23. The summed E-state index contributed by atoms with van der Waals surface area (Å²) < 4.78 is 2.05. The van der Waals surface area contributed by atoms with E-state index in [1.54, 1.807) is 0 Å². The maximum absolute atomic E-state index is 11.8. The summed E-state index contributed by atoms with van der Waals surface area (Å²) in [6.45, 7) is 0. The van der Waals surface area contributed by atoms with Crippen LogP contribution >= 0.6 is 0 Å². The fourth-order valence-corrected chi connectivity index (χ4v) is 2.93. The third kappa shape index (κ3) is 1.78. The molecule has 1 aromatic carbocycles. The van der Waals surface area contributed by atoms with Crippen LogP contribution in [0.25, 0.3) is 10.9 Å². The molecular weight excluding hydrogens is 226 g/mol. The summed E-state index contributed by atoms with van der Waals surface area (Å²) in [5.41, 5.74) is 6.66. The molecule has 4 heteroatoms. The lowest BCUT2D eigenvalue weighted by molar-refractivity contribution is 0.361. The van der Waals surface area contributed by atoms with Crippen molar-refractivity contribution >= 4 is 16.9 Å². The number of nitrogen functional groups attached to an aromatic ring is 1. The van der Waals surface area contributed by atoms with Gasteiger partial charge in [-0.05, 0) is 25.0 Å². The minimum absolute atomic E-state index is 0.227. The Bertz CT molecular complexity index is 626. The zero-order valence-electron chi connectivity index (χ0n) is 10.3. The molecule has 1 aliphatic carbocycles. The van der Waals surface area contributed by atoms with E-state index in [9.17, 15) is 4.79 Å². The number of hydrogen-bond acceptors (Lipinski definition) is 3. The van der Waals surface area contributed by atoms with Gasteiger partial charge in [0.2, 0.25) is 5.95 Å². The van der Waals surface area contributed by atoms with Gasteiger partial charge in [-0.1, -0.05) is 31.4 Å². The van der Waals surface area contributed by atoms with Crippen LogP contribution in [-0.4, -0.2) is 9.55 Å². The molecule has 0 atom stereocenters. The van der Waals surface area contributed by atoms with Crippen LogP contribution in [0.5, 0.6) is 0 Å². The molecule has 1 aliphatic rings. The van der Waals surface area contributed by atoms with E-state index >= 15 is 0 Å². The van der Waals surface area contributed by atoms with E-state index in [4.69, 9.17) is 5.73 Å². The van der Waals surface area contributed by atoms with E-state index in [1.165, 1.54) is 19.3 Å². The summed E-state index contributed by atoms with van der Waals surface area (Å²) in [7, 11) is 0. The van der Waals surface area contributed by atoms with Crippen LogP contribution in [0.1, 0.15) is 38.1 Å². The normalized spacial score (nSPS) is 17.1. The van der Waals surface area contributed by atoms with Gasteiger partial charge < -0.3 is 10.3 Å². The van der Waals surface area contributed by atoms with Gasteiger partial charge in [0.15, 0.2) is 0 Å². The van der Waals surface area contributed by atoms with Gasteiger partial charge in [0, 0.05) is 6.04 Å². The maximum atomic E-state index is 11.8. The first-order chi connectivity index (χ1) is 8.77. The van der Waals surface area contributed by atoms with Crippen molar-refractivity contribution in [3.8, 4) is 0 Å². The molecule has 2 aromatic rings. The second-order valence-electron chi connectivity index (χ2n) is 4.95. The van der Waals surface area contributed by atoms with Crippen LogP contribution < -0.4 is 11.3 Å². The highest BCUT2D eigenvalue weighted by Crippen LogP contribution is 2.31. The quantitative estimate of drug-likeness (QED) is 0.837. The summed E-state index contributed by atoms with van der Waals surface area (Å²) in [6, 6.07) is 7.98. The highest BCUT2D eigenvalue weighted by Gasteiger charge is 2.19. The highest BCUT2D eigenvalue weighted by atomic mass is 16.1. The number of benzene rings is 1. The SMILES string of the molecule is Nc1nc(=O)c2ccccc2n1C1CCCCC1. The van der Waals surface area contributed by atoms with Gasteiger partial charge in [0.25, 0.3) is 5.56 Å². The summed E-state index contributed by atoms with van der Waals surface area (Å²) in [5, 5.41) is 0.664. The molecule has 1 fully saturated rings. The monoisotopic (exact) mass is 243 g/mol. The largest absolute Gasteiger partial charge is 0.369 e. The Hall–Kier alpha value is -1.84. The van der Waals surface area contributed by atoms with Gasteiger partial charge in [-0.2, -0.15) is 4.98 Å². The number of nitrogens with two attached hydrogens (primary N) is 1. The zero-order chi connectivity index (χ0) is 12.5. The smallest absolute Gasteiger partial charge is 0.282 e. The predicted molar refractivity (Wildman–Crippen MR) is 72.5 cm³/mol. The van der Waals surface area contributed by atoms with Gasteiger partial charge in [-0.3, -0.25) is 4.79 Å². The number of nitrogens with zero attached hydrogens (tertiary/aromatic N) is 2. The molecule has 0 radical (unpaired) electrons. The standard InChI is InChI=1S/C14H17N3O/c15-14-16-13(18)11-8-4-5-9-12(11)17(14)10-6-2-1-3-7-10/h4-5,8-10H,1-3,6-7H2,(H2,15,16,18). The Morgan fingerprint density at radius 2 is 1.89 bits per heavy atom. The number of fused-ring (bicyclic) bond motifs is 1. The summed E-state index contributed by atoms with van der Waals surface area (Å²) >= 11 is 0. The minimum atomic E-state index is -0.227. The third-order valence-corrected chi connectivity index (χ3v) is 3.80. The van der Waals surface area contributed by atoms with Gasteiger partial charge in [0.05, 0.1) is 10.9 Å². The van der Waals surface area contributed by atoms with Gasteiger partial charge in [-0.15, -0.1) is 0 Å². The van der Waals surface area contributed by atoms with Crippen molar-refractivity contribution in [2.24, 2.45) is 0 Å². The van der Waals surface area contributed by atoms with Crippen molar-refractivity contribution < 1.29 is 0 Å². The van der Waals surface area contributed by atoms with E-state index in [-0.39, 0.29) is 5.56 Å². The molecule has 2 N–H and O–H groups in total. The fraction of sp³-hybridized carbons (Fsp3) is 0.429. The zero-order valence-corrected chi connectivity index (χ0v) is 10.3. The lowest BCUT2D eigenvalue weighted by Crippen LogP contribution is -2.22. The van der Waals surface area contributed by atoms with Crippen LogP contribution in [0.4, 0.5) is 5.95 Å². The van der Waals surface area contributed by atoms with E-state index in [1.807, 2.05) is 24.3 Å². The van der Waals surface area contributed by atoms with E-state index in [2.05, 4.69) is 9.55 Å². The molecule has 0 spiro atoms. The van der Waals surface area contributed by atoms with Crippen LogP contribution in [0.3, 0.4) is 0 Å². The molecule has 1 saturated carbocycles. The molecule has 0 unspecified atom stereocenters. The Labute approximate surface area is 105 Å². The van der Waals surface area contributed by atoms with E-state index in [0.717, 1.165) is 18.4 Å². The second-order valence-corrected chi connectivity index (χ2v) is 4.95. The molecule has 0 amide bonds. The fourth-order valence-electron chi connectivity index (χ4n) is 2.93. The third-order valence-electron chi connectivity index (χ3n) is 3.80. The molecule has 1 heterocycles.